The van der Waals surface area contributed by atoms with Crippen molar-refractivity contribution in [2.24, 2.45) is 0 Å². The lowest BCUT2D eigenvalue weighted by atomic mass is 10.1. The van der Waals surface area contributed by atoms with Crippen LogP contribution in [0.25, 0.3) is 0 Å². The average molecular weight is 317 g/mol. The molecule has 0 aromatic heterocycles. The van der Waals surface area contributed by atoms with E-state index in [2.05, 4.69) is 27.2 Å². The highest BCUT2D eigenvalue weighted by Crippen LogP contribution is 2.27. The highest BCUT2D eigenvalue weighted by molar-refractivity contribution is 9.10. The van der Waals surface area contributed by atoms with E-state index in [1.165, 1.54) is 7.11 Å². The molecule has 0 saturated carbocycles. The molecule has 90 valence electrons. The lowest BCUT2D eigenvalue weighted by Crippen LogP contribution is -2.30. The van der Waals surface area contributed by atoms with Crippen LogP contribution >= 0.6 is 27.5 Å². The summed E-state index contributed by atoms with van der Waals surface area (Å²) in [6, 6.07) is 4.60. The van der Waals surface area contributed by atoms with Gasteiger partial charge in [0.05, 0.1) is 13.7 Å². The SMILES string of the molecule is C#CCNC(C(=O)OC)c1ccc(Br)cc1Cl. The van der Waals surface area contributed by atoms with Crippen LogP contribution in [0, 0.1) is 12.3 Å². The number of hydrogen-bond donors (Lipinski definition) is 1. The van der Waals surface area contributed by atoms with Crippen molar-refractivity contribution in [2.45, 2.75) is 6.04 Å². The van der Waals surface area contributed by atoms with Crippen LogP contribution in [0.4, 0.5) is 0 Å². The number of benzene rings is 1. The van der Waals surface area contributed by atoms with Gasteiger partial charge in [-0.2, -0.15) is 0 Å². The second-order valence-electron chi connectivity index (χ2n) is 3.21. The van der Waals surface area contributed by atoms with Gasteiger partial charge in [-0.05, 0) is 17.7 Å². The third-order valence-electron chi connectivity index (χ3n) is 2.12. The summed E-state index contributed by atoms with van der Waals surface area (Å²) >= 11 is 9.37. The van der Waals surface area contributed by atoms with Gasteiger partial charge in [-0.3, -0.25) is 5.32 Å². The first-order valence-corrected chi connectivity index (χ1v) is 5.97. The fraction of sp³-hybridized carbons (Fsp3) is 0.250. The largest absolute Gasteiger partial charge is 0.468 e. The quantitative estimate of drug-likeness (QED) is 0.685. The minimum absolute atomic E-state index is 0.256. The molecule has 1 rings (SSSR count). The van der Waals surface area contributed by atoms with Crippen LogP contribution < -0.4 is 5.32 Å². The Kier molecular flexibility index (Phi) is 5.49. The standard InChI is InChI=1S/C12H11BrClNO2/c1-3-6-15-11(12(16)17-2)9-5-4-8(13)7-10(9)14/h1,4-5,7,11,15H,6H2,2H3. The number of carbonyl (C=O) groups is 1. The third kappa shape index (κ3) is 3.74. The summed E-state index contributed by atoms with van der Waals surface area (Å²) in [4.78, 5) is 11.6. The number of nitrogens with one attached hydrogen (secondary N) is 1. The Morgan fingerprint density at radius 1 is 1.71 bits per heavy atom. The van der Waals surface area contributed by atoms with E-state index in [4.69, 9.17) is 22.8 Å². The number of rotatable bonds is 4. The second kappa shape index (κ2) is 6.65. The van der Waals surface area contributed by atoms with Crippen molar-refractivity contribution in [1.82, 2.24) is 5.32 Å². The molecule has 0 bridgehead atoms. The van der Waals surface area contributed by atoms with Gasteiger partial charge in [-0.25, -0.2) is 4.79 Å². The maximum absolute atomic E-state index is 11.6. The van der Waals surface area contributed by atoms with Gasteiger partial charge in [0.1, 0.15) is 6.04 Å². The van der Waals surface area contributed by atoms with Crippen molar-refractivity contribution in [3.63, 3.8) is 0 Å². The van der Waals surface area contributed by atoms with Crippen molar-refractivity contribution in [3.05, 3.63) is 33.3 Å². The van der Waals surface area contributed by atoms with E-state index in [0.717, 1.165) is 4.47 Å². The molecule has 0 spiro atoms. The van der Waals surface area contributed by atoms with Gasteiger partial charge >= 0.3 is 5.97 Å². The number of hydrogen-bond acceptors (Lipinski definition) is 3. The highest BCUT2D eigenvalue weighted by Gasteiger charge is 2.22. The van der Waals surface area contributed by atoms with Crippen LogP contribution in [-0.4, -0.2) is 19.6 Å². The molecular weight excluding hydrogens is 305 g/mol. The molecule has 0 aliphatic heterocycles. The normalized spacial score (nSPS) is 11.6. The van der Waals surface area contributed by atoms with Crippen molar-refractivity contribution >= 4 is 33.5 Å². The molecule has 1 aromatic carbocycles. The second-order valence-corrected chi connectivity index (χ2v) is 4.53. The van der Waals surface area contributed by atoms with Gasteiger partial charge in [-0.1, -0.05) is 39.5 Å². The van der Waals surface area contributed by atoms with E-state index in [1.807, 2.05) is 0 Å². The maximum atomic E-state index is 11.6. The van der Waals surface area contributed by atoms with Crippen LogP contribution in [0.2, 0.25) is 5.02 Å². The lowest BCUT2D eigenvalue weighted by molar-refractivity contribution is -0.143. The molecule has 17 heavy (non-hydrogen) atoms. The van der Waals surface area contributed by atoms with Crippen molar-refractivity contribution in [2.75, 3.05) is 13.7 Å². The fourth-order valence-electron chi connectivity index (χ4n) is 1.33. The molecule has 0 heterocycles. The molecule has 3 nitrogen and oxygen atoms in total. The monoisotopic (exact) mass is 315 g/mol. The van der Waals surface area contributed by atoms with Crippen LogP contribution in [0.3, 0.4) is 0 Å². The zero-order valence-electron chi connectivity index (χ0n) is 9.17. The number of terminal acetylenes is 1. The van der Waals surface area contributed by atoms with Gasteiger partial charge < -0.3 is 4.74 Å². The summed E-state index contributed by atoms with van der Waals surface area (Å²) in [5.74, 6) is 1.98. The minimum atomic E-state index is -0.656. The van der Waals surface area contributed by atoms with Crippen LogP contribution in [0.5, 0.6) is 0 Å². The Morgan fingerprint density at radius 2 is 2.41 bits per heavy atom. The molecule has 1 atom stereocenters. The zero-order chi connectivity index (χ0) is 12.8. The Bertz CT molecular complexity index is 456. The molecule has 1 N–H and O–H groups in total. The zero-order valence-corrected chi connectivity index (χ0v) is 11.5. The summed E-state index contributed by atoms with van der Waals surface area (Å²) in [6.45, 7) is 0.256. The van der Waals surface area contributed by atoms with E-state index < -0.39 is 12.0 Å². The van der Waals surface area contributed by atoms with E-state index in [1.54, 1.807) is 18.2 Å². The number of ether oxygens (including phenoxy) is 1. The Balaban J connectivity index is 3.04. The van der Waals surface area contributed by atoms with E-state index >= 15 is 0 Å². The Labute approximate surface area is 114 Å². The molecule has 0 radical (unpaired) electrons. The molecule has 0 aliphatic carbocycles. The minimum Gasteiger partial charge on any atom is -0.468 e. The van der Waals surface area contributed by atoms with Gasteiger partial charge in [0.2, 0.25) is 0 Å². The number of esters is 1. The summed E-state index contributed by atoms with van der Waals surface area (Å²) in [5.41, 5.74) is 0.636. The van der Waals surface area contributed by atoms with Crippen molar-refractivity contribution in [3.8, 4) is 12.3 Å². The van der Waals surface area contributed by atoms with Gasteiger partial charge in [0.15, 0.2) is 0 Å². The summed E-state index contributed by atoms with van der Waals surface area (Å²) in [6.07, 6.45) is 5.15. The van der Waals surface area contributed by atoms with Crippen molar-refractivity contribution < 1.29 is 9.53 Å². The maximum Gasteiger partial charge on any atom is 0.327 e. The first-order chi connectivity index (χ1) is 8.10. The van der Waals surface area contributed by atoms with Crippen LogP contribution in [-0.2, 0) is 9.53 Å². The molecule has 0 fully saturated rings. The Hall–Kier alpha value is -1.02. The topological polar surface area (TPSA) is 38.3 Å². The highest BCUT2D eigenvalue weighted by atomic mass is 79.9. The molecule has 0 aliphatic rings. The van der Waals surface area contributed by atoms with E-state index in [9.17, 15) is 4.79 Å². The van der Waals surface area contributed by atoms with E-state index in [-0.39, 0.29) is 6.54 Å². The van der Waals surface area contributed by atoms with Crippen LogP contribution in [0.1, 0.15) is 11.6 Å². The van der Waals surface area contributed by atoms with Gasteiger partial charge in [0, 0.05) is 9.50 Å². The first kappa shape index (κ1) is 14.0. The molecule has 1 unspecified atom stereocenters. The molecule has 0 amide bonds. The number of halogens is 2. The molecule has 5 heteroatoms. The predicted molar refractivity (Wildman–Crippen MR) is 70.7 cm³/mol. The third-order valence-corrected chi connectivity index (χ3v) is 2.94. The fourth-order valence-corrected chi connectivity index (χ4v) is 2.12. The first-order valence-electron chi connectivity index (χ1n) is 4.79. The predicted octanol–water partition coefficient (Wildman–Crippen LogP) is 2.54. The molecular formula is C12H11BrClNO2. The number of methoxy groups -OCH3 is 1. The molecule has 1 aromatic rings. The smallest absolute Gasteiger partial charge is 0.327 e. The average Bonchev–Trinajstić information content (AvgIpc) is 2.31. The van der Waals surface area contributed by atoms with Gasteiger partial charge in [-0.15, -0.1) is 6.42 Å². The molecule has 0 saturated heterocycles. The van der Waals surface area contributed by atoms with Crippen molar-refractivity contribution in [1.29, 1.82) is 0 Å². The summed E-state index contributed by atoms with van der Waals surface area (Å²) in [7, 11) is 1.32. The summed E-state index contributed by atoms with van der Waals surface area (Å²) in [5, 5.41) is 3.36. The van der Waals surface area contributed by atoms with Crippen LogP contribution in [0.15, 0.2) is 22.7 Å². The summed E-state index contributed by atoms with van der Waals surface area (Å²) < 4.78 is 5.55. The lowest BCUT2D eigenvalue weighted by Gasteiger charge is -2.16. The Morgan fingerprint density at radius 3 is 2.94 bits per heavy atom. The number of carbonyl (C=O) groups excluding carboxylic acids is 1. The van der Waals surface area contributed by atoms with Gasteiger partial charge in [0.25, 0.3) is 0 Å². The van der Waals surface area contributed by atoms with E-state index in [0.29, 0.717) is 10.6 Å².